The number of hydrogen-bond donors (Lipinski definition) is 1. The van der Waals surface area contributed by atoms with Crippen LogP contribution in [0, 0.1) is 0 Å². The minimum absolute atomic E-state index is 0.219. The standard InChI is InChI=1S/C22H31N5O2/c1-4-29-22(28)26-14-11-19(12-15-26)24-20-10-13-23-21(25-20)27(17(2)3)16-18-8-6-5-7-9-18/h5-10,13,17,19H,4,11-12,14-16H2,1-3H3,(H,23,24,25). The molecule has 1 saturated heterocycles. The fourth-order valence-corrected chi connectivity index (χ4v) is 3.46. The summed E-state index contributed by atoms with van der Waals surface area (Å²) in [4.78, 5) is 25.1. The van der Waals surface area contributed by atoms with Crippen molar-refractivity contribution in [3.05, 3.63) is 48.2 Å². The van der Waals surface area contributed by atoms with Crippen LogP contribution < -0.4 is 10.2 Å². The van der Waals surface area contributed by atoms with E-state index in [0.29, 0.717) is 19.7 Å². The molecule has 0 spiro atoms. The zero-order chi connectivity index (χ0) is 20.6. The fraction of sp³-hybridized carbons (Fsp3) is 0.500. The molecule has 0 radical (unpaired) electrons. The molecule has 156 valence electrons. The van der Waals surface area contributed by atoms with Crippen LogP contribution in [0.25, 0.3) is 0 Å². The van der Waals surface area contributed by atoms with Crippen molar-refractivity contribution < 1.29 is 9.53 Å². The molecular weight excluding hydrogens is 366 g/mol. The first-order valence-electron chi connectivity index (χ1n) is 10.4. The van der Waals surface area contributed by atoms with Crippen LogP contribution in [0.3, 0.4) is 0 Å². The highest BCUT2D eigenvalue weighted by Crippen LogP contribution is 2.20. The average molecular weight is 398 g/mol. The summed E-state index contributed by atoms with van der Waals surface area (Å²) in [6.45, 7) is 8.70. The molecule has 1 aromatic heterocycles. The quantitative estimate of drug-likeness (QED) is 0.763. The zero-order valence-electron chi connectivity index (χ0n) is 17.5. The highest BCUT2D eigenvalue weighted by molar-refractivity contribution is 5.67. The predicted octanol–water partition coefficient (Wildman–Crippen LogP) is 3.92. The Labute approximate surface area is 173 Å². The molecule has 1 fully saturated rings. The first-order valence-corrected chi connectivity index (χ1v) is 10.4. The summed E-state index contributed by atoms with van der Waals surface area (Å²) in [6.07, 6.45) is 3.33. The van der Waals surface area contributed by atoms with Crippen LogP contribution in [0.5, 0.6) is 0 Å². The zero-order valence-corrected chi connectivity index (χ0v) is 17.5. The number of carbonyl (C=O) groups excluding carboxylic acids is 1. The molecule has 1 amide bonds. The van der Waals surface area contributed by atoms with Crippen molar-refractivity contribution in [2.45, 2.75) is 52.2 Å². The van der Waals surface area contributed by atoms with E-state index in [4.69, 9.17) is 9.72 Å². The van der Waals surface area contributed by atoms with E-state index in [9.17, 15) is 4.79 Å². The van der Waals surface area contributed by atoms with Crippen LogP contribution in [0.1, 0.15) is 39.2 Å². The first-order chi connectivity index (χ1) is 14.1. The van der Waals surface area contributed by atoms with Gasteiger partial charge in [-0.05, 0) is 45.2 Å². The summed E-state index contributed by atoms with van der Waals surface area (Å²) in [5.74, 6) is 1.54. The van der Waals surface area contributed by atoms with E-state index in [2.05, 4.69) is 53.3 Å². The summed E-state index contributed by atoms with van der Waals surface area (Å²) in [5, 5.41) is 3.51. The van der Waals surface area contributed by atoms with Crippen LogP contribution in [0.2, 0.25) is 0 Å². The molecule has 0 unspecified atom stereocenters. The van der Waals surface area contributed by atoms with Crippen LogP contribution in [0.4, 0.5) is 16.6 Å². The predicted molar refractivity (Wildman–Crippen MR) is 115 cm³/mol. The number of rotatable bonds is 7. The number of hydrogen-bond acceptors (Lipinski definition) is 6. The molecule has 0 aliphatic carbocycles. The third-order valence-corrected chi connectivity index (χ3v) is 5.09. The van der Waals surface area contributed by atoms with E-state index in [-0.39, 0.29) is 18.2 Å². The maximum absolute atomic E-state index is 11.9. The highest BCUT2D eigenvalue weighted by atomic mass is 16.6. The van der Waals surface area contributed by atoms with Crippen molar-refractivity contribution in [2.24, 2.45) is 0 Å². The molecule has 7 nitrogen and oxygen atoms in total. The number of ether oxygens (including phenoxy) is 1. The Kier molecular flexibility index (Phi) is 7.27. The molecule has 2 heterocycles. The van der Waals surface area contributed by atoms with Crippen LogP contribution in [-0.2, 0) is 11.3 Å². The number of benzene rings is 1. The van der Waals surface area contributed by atoms with Gasteiger partial charge in [-0.1, -0.05) is 30.3 Å². The largest absolute Gasteiger partial charge is 0.450 e. The van der Waals surface area contributed by atoms with Crippen LogP contribution >= 0.6 is 0 Å². The van der Waals surface area contributed by atoms with Gasteiger partial charge in [-0.2, -0.15) is 4.98 Å². The van der Waals surface area contributed by atoms with Gasteiger partial charge >= 0.3 is 6.09 Å². The fourth-order valence-electron chi connectivity index (χ4n) is 3.46. The van der Waals surface area contributed by atoms with Gasteiger partial charge in [0.05, 0.1) is 6.61 Å². The Morgan fingerprint density at radius 1 is 1.24 bits per heavy atom. The van der Waals surface area contributed by atoms with E-state index in [1.54, 1.807) is 11.1 Å². The van der Waals surface area contributed by atoms with Gasteiger partial charge in [-0.25, -0.2) is 9.78 Å². The molecule has 1 N–H and O–H groups in total. The minimum Gasteiger partial charge on any atom is -0.450 e. The van der Waals surface area contributed by atoms with Gasteiger partial charge in [0.15, 0.2) is 0 Å². The Bertz CT molecular complexity index is 776. The number of nitrogens with one attached hydrogen (secondary N) is 1. The topological polar surface area (TPSA) is 70.6 Å². The molecule has 0 atom stereocenters. The highest BCUT2D eigenvalue weighted by Gasteiger charge is 2.24. The van der Waals surface area contributed by atoms with Crippen LogP contribution in [0.15, 0.2) is 42.6 Å². The van der Waals surface area contributed by atoms with Gasteiger partial charge in [0, 0.05) is 37.9 Å². The molecular formula is C22H31N5O2. The first kappa shape index (κ1) is 20.9. The van der Waals surface area contributed by atoms with Crippen LogP contribution in [-0.4, -0.2) is 52.7 Å². The SMILES string of the molecule is CCOC(=O)N1CCC(Nc2ccnc(N(Cc3ccccc3)C(C)C)n2)CC1. The lowest BCUT2D eigenvalue weighted by molar-refractivity contribution is 0.0983. The number of anilines is 2. The number of amides is 1. The summed E-state index contributed by atoms with van der Waals surface area (Å²) in [5.41, 5.74) is 1.23. The summed E-state index contributed by atoms with van der Waals surface area (Å²) < 4.78 is 5.09. The number of piperidine rings is 1. The number of likely N-dealkylation sites (tertiary alicyclic amines) is 1. The molecule has 1 aromatic carbocycles. The van der Waals surface area contributed by atoms with Crippen molar-refractivity contribution in [1.82, 2.24) is 14.9 Å². The number of nitrogens with zero attached hydrogens (tertiary/aromatic N) is 4. The average Bonchev–Trinajstić information content (AvgIpc) is 2.73. The van der Waals surface area contributed by atoms with E-state index in [0.717, 1.165) is 31.2 Å². The third-order valence-electron chi connectivity index (χ3n) is 5.09. The summed E-state index contributed by atoms with van der Waals surface area (Å²) in [7, 11) is 0. The van der Waals surface area contributed by atoms with E-state index in [1.807, 2.05) is 19.1 Å². The van der Waals surface area contributed by atoms with Gasteiger partial charge in [-0.15, -0.1) is 0 Å². The lowest BCUT2D eigenvalue weighted by Crippen LogP contribution is -2.42. The molecule has 1 aliphatic heterocycles. The van der Waals surface area contributed by atoms with Crippen molar-refractivity contribution in [2.75, 3.05) is 29.9 Å². The van der Waals surface area contributed by atoms with Crippen molar-refractivity contribution >= 4 is 17.9 Å². The summed E-state index contributed by atoms with van der Waals surface area (Å²) in [6, 6.07) is 12.8. The van der Waals surface area contributed by atoms with E-state index in [1.165, 1.54) is 5.56 Å². The maximum Gasteiger partial charge on any atom is 0.409 e. The van der Waals surface area contributed by atoms with Gasteiger partial charge < -0.3 is 19.9 Å². The normalized spacial score (nSPS) is 14.7. The molecule has 7 heteroatoms. The lowest BCUT2D eigenvalue weighted by atomic mass is 10.1. The van der Waals surface area contributed by atoms with Crippen molar-refractivity contribution in [3.8, 4) is 0 Å². The van der Waals surface area contributed by atoms with Crippen molar-refractivity contribution in [3.63, 3.8) is 0 Å². The van der Waals surface area contributed by atoms with Gasteiger partial charge in [-0.3, -0.25) is 0 Å². The Balaban J connectivity index is 1.62. The Morgan fingerprint density at radius 2 is 1.97 bits per heavy atom. The second kappa shape index (κ2) is 10.1. The Hall–Kier alpha value is -2.83. The van der Waals surface area contributed by atoms with Gasteiger partial charge in [0.2, 0.25) is 5.95 Å². The molecule has 0 bridgehead atoms. The molecule has 2 aromatic rings. The second-order valence-corrected chi connectivity index (χ2v) is 7.55. The smallest absolute Gasteiger partial charge is 0.409 e. The molecule has 3 rings (SSSR count). The molecule has 29 heavy (non-hydrogen) atoms. The third kappa shape index (κ3) is 5.82. The van der Waals surface area contributed by atoms with Crippen molar-refractivity contribution in [1.29, 1.82) is 0 Å². The second-order valence-electron chi connectivity index (χ2n) is 7.55. The maximum atomic E-state index is 11.9. The lowest BCUT2D eigenvalue weighted by Gasteiger charge is -2.32. The molecule has 1 aliphatic rings. The monoisotopic (exact) mass is 397 g/mol. The number of carbonyl (C=O) groups is 1. The Morgan fingerprint density at radius 3 is 2.62 bits per heavy atom. The van der Waals surface area contributed by atoms with Gasteiger partial charge in [0.25, 0.3) is 0 Å². The minimum atomic E-state index is -0.219. The van der Waals surface area contributed by atoms with Gasteiger partial charge in [0.1, 0.15) is 5.82 Å². The number of aromatic nitrogens is 2. The summed E-state index contributed by atoms with van der Waals surface area (Å²) >= 11 is 0. The van der Waals surface area contributed by atoms with E-state index >= 15 is 0 Å². The molecule has 0 saturated carbocycles. The van der Waals surface area contributed by atoms with E-state index < -0.39 is 0 Å².